The van der Waals surface area contributed by atoms with E-state index in [0.29, 0.717) is 5.69 Å². The summed E-state index contributed by atoms with van der Waals surface area (Å²) in [6.07, 6.45) is 9.84. The van der Waals surface area contributed by atoms with Crippen LogP contribution in [0.3, 0.4) is 0 Å². The van der Waals surface area contributed by atoms with Crippen LogP contribution in [0.1, 0.15) is 32.0 Å². The van der Waals surface area contributed by atoms with Gasteiger partial charge in [0.1, 0.15) is 11.9 Å². The number of benzene rings is 1. The summed E-state index contributed by atoms with van der Waals surface area (Å²) < 4.78 is 0. The van der Waals surface area contributed by atoms with Crippen LogP contribution in [-0.2, 0) is 9.59 Å². The van der Waals surface area contributed by atoms with Gasteiger partial charge in [0.05, 0.1) is 0 Å². The van der Waals surface area contributed by atoms with Crippen LogP contribution in [0.25, 0.3) is 0 Å². The second-order valence-electron chi connectivity index (χ2n) is 11.5. The molecule has 0 bridgehead atoms. The molecule has 0 saturated carbocycles. The van der Waals surface area contributed by atoms with E-state index in [1.54, 1.807) is 0 Å². The highest BCUT2D eigenvalue weighted by molar-refractivity contribution is 6.42. The Bertz CT molecular complexity index is 1290. The van der Waals surface area contributed by atoms with E-state index in [9.17, 15) is 9.59 Å². The number of Topliss-reactive ketones (excluding diaryl/α,β-unsaturated/α-hetero) is 1. The smallest absolute Gasteiger partial charge is 0.294 e. The van der Waals surface area contributed by atoms with Crippen molar-refractivity contribution in [1.29, 1.82) is 0 Å². The first-order chi connectivity index (χ1) is 18.1. The number of aryl methyl sites for hydroxylation is 2. The third kappa shape index (κ3) is 5.23. The number of piperazine rings is 1. The van der Waals surface area contributed by atoms with Crippen LogP contribution < -0.4 is 15.1 Å². The molecule has 1 aromatic carbocycles. The van der Waals surface area contributed by atoms with Gasteiger partial charge in [0.25, 0.3) is 5.91 Å². The summed E-state index contributed by atoms with van der Waals surface area (Å²) in [6.45, 7) is 14.0. The van der Waals surface area contributed by atoms with Gasteiger partial charge in [-0.2, -0.15) is 0 Å². The van der Waals surface area contributed by atoms with Gasteiger partial charge in [0.2, 0.25) is 5.78 Å². The summed E-state index contributed by atoms with van der Waals surface area (Å²) in [5.74, 6) is -0.0252. The summed E-state index contributed by atoms with van der Waals surface area (Å²) in [4.78, 5) is 37.8. The lowest BCUT2D eigenvalue weighted by Gasteiger charge is -2.37. The third-order valence-corrected chi connectivity index (χ3v) is 7.58. The quantitative estimate of drug-likeness (QED) is 0.579. The maximum absolute atomic E-state index is 13.4. The number of ketones is 1. The SMILES string of the molecule is Cc1cc(C)nc(N2CCN(c3ccc(NC(=O)C(=O)C4C(C(C)(C)C)C=C5C=CC=CN54)cc3)CC2)c1. The Hall–Kier alpha value is -3.87. The summed E-state index contributed by atoms with van der Waals surface area (Å²) >= 11 is 0. The molecule has 0 spiro atoms. The third-order valence-electron chi connectivity index (χ3n) is 7.58. The van der Waals surface area contributed by atoms with E-state index < -0.39 is 17.7 Å². The lowest BCUT2D eigenvalue weighted by Crippen LogP contribution is -2.47. The van der Waals surface area contributed by atoms with E-state index in [0.717, 1.165) is 49.1 Å². The molecule has 3 aliphatic rings. The summed E-state index contributed by atoms with van der Waals surface area (Å²) in [5.41, 5.74) is 4.81. The van der Waals surface area contributed by atoms with E-state index in [1.807, 2.05) is 60.5 Å². The molecule has 0 radical (unpaired) electrons. The Morgan fingerprint density at radius 1 is 0.947 bits per heavy atom. The predicted molar refractivity (Wildman–Crippen MR) is 153 cm³/mol. The Morgan fingerprint density at radius 2 is 1.63 bits per heavy atom. The van der Waals surface area contributed by atoms with Gasteiger partial charge >= 0.3 is 0 Å². The lowest BCUT2D eigenvalue weighted by atomic mass is 9.76. The van der Waals surface area contributed by atoms with Crippen LogP contribution in [0.2, 0.25) is 0 Å². The molecule has 5 rings (SSSR count). The number of aromatic nitrogens is 1. The Kier molecular flexibility index (Phi) is 6.86. The largest absolute Gasteiger partial charge is 0.368 e. The van der Waals surface area contributed by atoms with Crippen molar-refractivity contribution in [3.63, 3.8) is 0 Å². The molecule has 3 aliphatic heterocycles. The topological polar surface area (TPSA) is 68.8 Å². The molecular formula is C31H37N5O2. The average molecular weight is 512 g/mol. The number of hydrogen-bond donors (Lipinski definition) is 1. The fourth-order valence-corrected chi connectivity index (χ4v) is 5.58. The number of nitrogens with one attached hydrogen (secondary N) is 1. The second kappa shape index (κ2) is 10.1. The Morgan fingerprint density at radius 3 is 2.29 bits per heavy atom. The van der Waals surface area contributed by atoms with Gasteiger partial charge in [-0.15, -0.1) is 0 Å². The van der Waals surface area contributed by atoms with Crippen molar-refractivity contribution in [2.75, 3.05) is 41.3 Å². The number of nitrogens with zero attached hydrogens (tertiary/aromatic N) is 4. The number of fused-ring (bicyclic) bond motifs is 1. The number of pyridine rings is 1. The first-order valence-corrected chi connectivity index (χ1v) is 13.4. The minimum Gasteiger partial charge on any atom is -0.368 e. The average Bonchev–Trinajstić information content (AvgIpc) is 3.29. The molecule has 1 saturated heterocycles. The summed E-state index contributed by atoms with van der Waals surface area (Å²) in [7, 11) is 0. The maximum Gasteiger partial charge on any atom is 0.294 e. The fourth-order valence-electron chi connectivity index (χ4n) is 5.58. The van der Waals surface area contributed by atoms with E-state index in [4.69, 9.17) is 4.98 Å². The van der Waals surface area contributed by atoms with Crippen LogP contribution in [0.15, 0.2) is 72.6 Å². The first-order valence-electron chi connectivity index (χ1n) is 13.4. The van der Waals surface area contributed by atoms with Crippen LogP contribution in [0.5, 0.6) is 0 Å². The Labute approximate surface area is 225 Å². The highest BCUT2D eigenvalue weighted by atomic mass is 16.2. The van der Waals surface area contributed by atoms with E-state index >= 15 is 0 Å². The highest BCUT2D eigenvalue weighted by Gasteiger charge is 2.45. The lowest BCUT2D eigenvalue weighted by molar-refractivity contribution is -0.138. The van der Waals surface area contributed by atoms with E-state index in [1.165, 1.54) is 5.56 Å². The molecule has 1 aromatic heterocycles. The molecule has 4 heterocycles. The van der Waals surface area contributed by atoms with Crippen molar-refractivity contribution in [3.05, 3.63) is 83.9 Å². The Balaban J connectivity index is 1.21. The molecule has 1 fully saturated rings. The molecule has 7 heteroatoms. The molecule has 2 unspecified atom stereocenters. The van der Waals surface area contributed by atoms with Gasteiger partial charge < -0.3 is 20.0 Å². The van der Waals surface area contributed by atoms with Gasteiger partial charge in [-0.05, 0) is 73.4 Å². The zero-order chi connectivity index (χ0) is 27.0. The number of rotatable bonds is 5. The van der Waals surface area contributed by atoms with Crippen LogP contribution in [-0.4, -0.2) is 53.8 Å². The molecule has 2 atom stereocenters. The van der Waals surface area contributed by atoms with Gasteiger partial charge in [0.15, 0.2) is 0 Å². The monoisotopic (exact) mass is 511 g/mol. The number of allylic oxidation sites excluding steroid dienone is 3. The molecule has 1 N–H and O–H groups in total. The van der Waals surface area contributed by atoms with Gasteiger partial charge in [-0.1, -0.05) is 32.9 Å². The normalized spacial score (nSPS) is 20.9. The van der Waals surface area contributed by atoms with Crippen LogP contribution in [0.4, 0.5) is 17.2 Å². The van der Waals surface area contributed by atoms with Crippen molar-refractivity contribution >= 4 is 28.9 Å². The molecule has 0 aliphatic carbocycles. The summed E-state index contributed by atoms with van der Waals surface area (Å²) in [6, 6.07) is 11.5. The van der Waals surface area contributed by atoms with Crippen LogP contribution in [0, 0.1) is 25.2 Å². The van der Waals surface area contributed by atoms with Crippen molar-refractivity contribution in [2.45, 2.75) is 40.7 Å². The summed E-state index contributed by atoms with van der Waals surface area (Å²) in [5, 5.41) is 2.84. The maximum atomic E-state index is 13.4. The molecule has 198 valence electrons. The van der Waals surface area contributed by atoms with Crippen molar-refractivity contribution in [2.24, 2.45) is 11.3 Å². The fraction of sp³-hybridized carbons (Fsp3) is 0.387. The number of hydrogen-bond acceptors (Lipinski definition) is 6. The highest BCUT2D eigenvalue weighted by Crippen LogP contribution is 2.41. The molecule has 1 amide bonds. The van der Waals surface area contributed by atoms with E-state index in [2.05, 4.69) is 61.0 Å². The first kappa shape index (κ1) is 25.8. The molecule has 7 nitrogen and oxygen atoms in total. The predicted octanol–water partition coefficient (Wildman–Crippen LogP) is 4.85. The second-order valence-corrected chi connectivity index (χ2v) is 11.5. The van der Waals surface area contributed by atoms with E-state index in [-0.39, 0.29) is 11.3 Å². The van der Waals surface area contributed by atoms with Gasteiger partial charge in [-0.25, -0.2) is 4.98 Å². The molecule has 38 heavy (non-hydrogen) atoms. The van der Waals surface area contributed by atoms with Crippen molar-refractivity contribution in [3.8, 4) is 0 Å². The van der Waals surface area contributed by atoms with Gasteiger partial charge in [-0.3, -0.25) is 9.59 Å². The number of amides is 1. The zero-order valence-electron chi connectivity index (χ0n) is 22.9. The van der Waals surface area contributed by atoms with Gasteiger partial charge in [0, 0.05) is 61.1 Å². The number of carbonyl (C=O) groups is 2. The van der Waals surface area contributed by atoms with Crippen molar-refractivity contribution in [1.82, 2.24) is 9.88 Å². The van der Waals surface area contributed by atoms with Crippen molar-refractivity contribution < 1.29 is 9.59 Å². The standard InChI is InChI=1S/C31H37N5O2/c1-21-18-22(2)32-27(19-21)35-16-14-34(15-17-35)24-11-9-23(10-12-24)33-30(38)29(37)28-26(31(3,4)5)20-25-8-6-7-13-36(25)28/h6-13,18-20,26,28H,14-17H2,1-5H3,(H,33,38). The molecular weight excluding hydrogens is 474 g/mol. The molecule has 2 aromatic rings. The minimum absolute atomic E-state index is 0.0666. The number of anilines is 3. The van der Waals surface area contributed by atoms with Crippen LogP contribution >= 0.6 is 0 Å². The number of carbonyl (C=O) groups excluding carboxylic acids is 2. The zero-order valence-corrected chi connectivity index (χ0v) is 22.9. The minimum atomic E-state index is -0.579.